The minimum atomic E-state index is -1.00. The van der Waals surface area contributed by atoms with Crippen LogP contribution in [0.25, 0.3) is 0 Å². The number of carbonyl (C=O) groups is 1. The van der Waals surface area contributed by atoms with Gasteiger partial charge in [-0.05, 0) is 36.4 Å². The number of rotatable bonds is 4. The van der Waals surface area contributed by atoms with Crippen molar-refractivity contribution in [1.29, 1.82) is 0 Å². The van der Waals surface area contributed by atoms with E-state index in [1.807, 2.05) is 0 Å². The molecule has 0 aromatic heterocycles. The normalized spacial score (nSPS) is 11.1. The Bertz CT molecular complexity index is 594. The third-order valence-corrected chi connectivity index (χ3v) is 2.38. The number of nitrogens with zero attached hydrogens (tertiary/aromatic N) is 2. The van der Waals surface area contributed by atoms with Crippen molar-refractivity contribution < 1.29 is 14.8 Å². The number of para-hydroxylation sites is 1. The predicted molar refractivity (Wildman–Crippen MR) is 69.2 cm³/mol. The van der Waals surface area contributed by atoms with E-state index in [0.29, 0.717) is 16.2 Å². The van der Waals surface area contributed by atoms with Gasteiger partial charge in [-0.1, -0.05) is 18.2 Å². The SMILES string of the molecule is O=C(O)c1ccc(N/N=[N+](\[O-])c2ccccc2)cc1. The maximum absolute atomic E-state index is 11.6. The lowest BCUT2D eigenvalue weighted by atomic mass is 10.2. The molecule has 2 N–H and O–H groups in total. The lowest BCUT2D eigenvalue weighted by molar-refractivity contribution is -0.439. The summed E-state index contributed by atoms with van der Waals surface area (Å²) < 4.78 is 0. The Balaban J connectivity index is 2.08. The Morgan fingerprint density at radius 1 is 1.11 bits per heavy atom. The number of anilines is 1. The average molecular weight is 257 g/mol. The summed E-state index contributed by atoms with van der Waals surface area (Å²) in [6.07, 6.45) is 0. The van der Waals surface area contributed by atoms with Crippen molar-refractivity contribution >= 4 is 17.3 Å². The lowest BCUT2D eigenvalue weighted by Crippen LogP contribution is -1.99. The topological polar surface area (TPSA) is 87.8 Å². The second kappa shape index (κ2) is 5.63. The van der Waals surface area contributed by atoms with Crippen molar-refractivity contribution in [1.82, 2.24) is 0 Å². The van der Waals surface area contributed by atoms with E-state index in [1.165, 1.54) is 24.3 Å². The standard InChI is InChI=1S/C13H11N3O3/c17-13(18)10-6-8-11(9-7-10)14-15-16(19)12-4-2-1-3-5-12/h1-9,14H,(H,17,18)/b16-15-. The zero-order valence-electron chi connectivity index (χ0n) is 9.85. The van der Waals surface area contributed by atoms with E-state index in [2.05, 4.69) is 10.6 Å². The molecular formula is C13H11N3O3. The highest BCUT2D eigenvalue weighted by Gasteiger charge is 2.03. The van der Waals surface area contributed by atoms with Crippen LogP contribution >= 0.6 is 0 Å². The van der Waals surface area contributed by atoms with Gasteiger partial charge in [-0.25, -0.2) is 4.79 Å². The van der Waals surface area contributed by atoms with Gasteiger partial charge in [0.15, 0.2) is 5.69 Å². The molecule has 2 aromatic carbocycles. The molecule has 0 aliphatic heterocycles. The number of benzene rings is 2. The highest BCUT2D eigenvalue weighted by molar-refractivity contribution is 5.87. The van der Waals surface area contributed by atoms with Gasteiger partial charge in [0.2, 0.25) is 0 Å². The van der Waals surface area contributed by atoms with E-state index in [9.17, 15) is 10.0 Å². The lowest BCUT2D eigenvalue weighted by Gasteiger charge is -2.04. The summed E-state index contributed by atoms with van der Waals surface area (Å²) in [6.45, 7) is 0. The van der Waals surface area contributed by atoms with Crippen molar-refractivity contribution in [2.24, 2.45) is 5.22 Å². The fourth-order valence-electron chi connectivity index (χ4n) is 1.40. The van der Waals surface area contributed by atoms with E-state index >= 15 is 0 Å². The van der Waals surface area contributed by atoms with Crippen molar-refractivity contribution in [3.63, 3.8) is 0 Å². The second-order valence-electron chi connectivity index (χ2n) is 3.70. The van der Waals surface area contributed by atoms with Gasteiger partial charge in [0.1, 0.15) is 5.69 Å². The first kappa shape index (κ1) is 12.6. The third-order valence-electron chi connectivity index (χ3n) is 2.38. The van der Waals surface area contributed by atoms with Gasteiger partial charge < -0.3 is 10.3 Å². The largest absolute Gasteiger partial charge is 0.691 e. The molecule has 0 aliphatic carbocycles. The van der Waals surface area contributed by atoms with E-state index in [4.69, 9.17) is 5.11 Å². The Hall–Kier alpha value is -2.89. The van der Waals surface area contributed by atoms with Gasteiger partial charge in [-0.15, -0.1) is 10.3 Å². The Morgan fingerprint density at radius 3 is 2.32 bits per heavy atom. The molecule has 0 spiro atoms. The summed E-state index contributed by atoms with van der Waals surface area (Å²) in [4.78, 5) is 11.1. The highest BCUT2D eigenvalue weighted by Crippen LogP contribution is 2.12. The number of aromatic carboxylic acids is 1. The smallest absolute Gasteiger partial charge is 0.335 e. The number of carboxylic acid groups (broad SMARTS) is 1. The van der Waals surface area contributed by atoms with Crippen molar-refractivity contribution in [3.05, 3.63) is 65.4 Å². The van der Waals surface area contributed by atoms with E-state index in [0.717, 1.165) is 0 Å². The molecule has 0 saturated heterocycles. The van der Waals surface area contributed by atoms with Gasteiger partial charge in [0.05, 0.1) is 10.8 Å². The molecule has 0 saturated carbocycles. The molecule has 6 nitrogen and oxygen atoms in total. The molecule has 96 valence electrons. The van der Waals surface area contributed by atoms with Crippen LogP contribution in [0.4, 0.5) is 11.4 Å². The van der Waals surface area contributed by atoms with Crippen LogP contribution in [0.15, 0.2) is 59.8 Å². The van der Waals surface area contributed by atoms with Crippen molar-refractivity contribution in [2.75, 3.05) is 5.43 Å². The van der Waals surface area contributed by atoms with Crippen LogP contribution < -0.4 is 5.43 Å². The minimum Gasteiger partial charge on any atom is -0.691 e. The van der Waals surface area contributed by atoms with Gasteiger partial charge in [-0.3, -0.25) is 0 Å². The van der Waals surface area contributed by atoms with Crippen molar-refractivity contribution in [2.45, 2.75) is 0 Å². The number of hydrogen-bond acceptors (Lipinski definition) is 3. The molecule has 0 radical (unpaired) electrons. The Kier molecular flexibility index (Phi) is 3.72. The molecule has 6 heteroatoms. The molecule has 0 unspecified atom stereocenters. The van der Waals surface area contributed by atoms with Crippen molar-refractivity contribution in [3.8, 4) is 0 Å². The fraction of sp³-hybridized carbons (Fsp3) is 0. The molecule has 2 aromatic rings. The molecule has 0 aliphatic rings. The average Bonchev–Trinajstić information content (AvgIpc) is 2.46. The first-order valence-electron chi connectivity index (χ1n) is 5.49. The molecule has 0 bridgehead atoms. The summed E-state index contributed by atoms with van der Waals surface area (Å²) in [5.41, 5.74) is 3.66. The molecule has 0 amide bonds. The zero-order valence-corrected chi connectivity index (χ0v) is 9.85. The summed E-state index contributed by atoms with van der Waals surface area (Å²) in [7, 11) is 0. The van der Waals surface area contributed by atoms with Crippen LogP contribution in [-0.4, -0.2) is 15.9 Å². The number of hydrogen-bond donors (Lipinski definition) is 2. The summed E-state index contributed by atoms with van der Waals surface area (Å²) in [5, 5.41) is 23.9. The third kappa shape index (κ3) is 3.29. The van der Waals surface area contributed by atoms with Gasteiger partial charge >= 0.3 is 5.97 Å². The monoisotopic (exact) mass is 257 g/mol. The van der Waals surface area contributed by atoms with Crippen LogP contribution in [-0.2, 0) is 0 Å². The number of nitrogens with one attached hydrogen (secondary N) is 1. The van der Waals surface area contributed by atoms with Gasteiger partial charge in [0, 0.05) is 0 Å². The number of carboxylic acids is 1. The van der Waals surface area contributed by atoms with Crippen LogP contribution in [0.5, 0.6) is 0 Å². The minimum absolute atomic E-state index is 0.174. The van der Waals surface area contributed by atoms with Gasteiger partial charge in [0.25, 0.3) is 0 Å². The Labute approximate surface area is 109 Å². The maximum Gasteiger partial charge on any atom is 0.335 e. The maximum atomic E-state index is 11.6. The zero-order chi connectivity index (χ0) is 13.7. The first-order chi connectivity index (χ1) is 9.16. The van der Waals surface area contributed by atoms with Crippen LogP contribution in [0.3, 0.4) is 0 Å². The van der Waals surface area contributed by atoms with Crippen LogP contribution in [0.1, 0.15) is 10.4 Å². The molecule has 0 atom stereocenters. The van der Waals surface area contributed by atoms with E-state index in [1.54, 1.807) is 30.3 Å². The molecular weight excluding hydrogens is 246 g/mol. The summed E-state index contributed by atoms with van der Waals surface area (Å²) in [5.74, 6) is -1.00. The van der Waals surface area contributed by atoms with Gasteiger partial charge in [-0.2, -0.15) is 0 Å². The summed E-state index contributed by atoms with van der Waals surface area (Å²) >= 11 is 0. The Morgan fingerprint density at radius 2 is 1.74 bits per heavy atom. The second-order valence-corrected chi connectivity index (χ2v) is 3.70. The molecule has 0 heterocycles. The predicted octanol–water partition coefficient (Wildman–Crippen LogP) is 3.01. The summed E-state index contributed by atoms with van der Waals surface area (Å²) in [6, 6.07) is 14.5. The van der Waals surface area contributed by atoms with Crippen LogP contribution in [0.2, 0.25) is 0 Å². The van der Waals surface area contributed by atoms with E-state index in [-0.39, 0.29) is 5.56 Å². The molecule has 0 fully saturated rings. The fourth-order valence-corrected chi connectivity index (χ4v) is 1.40. The van der Waals surface area contributed by atoms with Crippen LogP contribution in [0, 0.1) is 5.21 Å². The quantitative estimate of drug-likeness (QED) is 0.500. The molecule has 2 rings (SSSR count). The molecule has 19 heavy (non-hydrogen) atoms. The first-order valence-corrected chi connectivity index (χ1v) is 5.49. The van der Waals surface area contributed by atoms with E-state index < -0.39 is 5.97 Å². The highest BCUT2D eigenvalue weighted by atomic mass is 16.5.